The Morgan fingerprint density at radius 2 is 2.23 bits per heavy atom. The van der Waals surface area contributed by atoms with E-state index in [2.05, 4.69) is 5.32 Å². The van der Waals surface area contributed by atoms with E-state index in [0.717, 1.165) is 11.3 Å². The van der Waals surface area contributed by atoms with Crippen LogP contribution in [0.15, 0.2) is 23.0 Å². The summed E-state index contributed by atoms with van der Waals surface area (Å²) in [6, 6.07) is 5.11. The molecule has 0 atom stereocenters. The number of thiazole rings is 1. The molecule has 1 aliphatic heterocycles. The van der Waals surface area contributed by atoms with E-state index in [1.54, 1.807) is 25.1 Å². The van der Waals surface area contributed by atoms with Crippen molar-refractivity contribution in [2.45, 2.75) is 13.5 Å². The summed E-state index contributed by atoms with van der Waals surface area (Å²) in [6.45, 7) is 1.32. The van der Waals surface area contributed by atoms with Crippen molar-refractivity contribution in [3.63, 3.8) is 0 Å². The third-order valence-corrected chi connectivity index (χ3v) is 4.14. The van der Waals surface area contributed by atoms with Crippen LogP contribution in [0, 0.1) is 6.92 Å². The zero-order valence-electron chi connectivity index (χ0n) is 11.6. The van der Waals surface area contributed by atoms with Crippen molar-refractivity contribution < 1.29 is 19.4 Å². The van der Waals surface area contributed by atoms with Gasteiger partial charge in [-0.15, -0.1) is 0 Å². The maximum absolute atomic E-state index is 11.9. The molecule has 2 N–H and O–H groups in total. The number of nitrogens with zero attached hydrogens (tertiary/aromatic N) is 1. The molecule has 0 bridgehead atoms. The molecule has 2 aromatic rings. The molecule has 8 heteroatoms. The molecule has 1 aromatic heterocycles. The molecule has 114 valence electrons. The largest absolute Gasteiger partial charge is 0.482 e. The number of carboxylic acids is 1. The van der Waals surface area contributed by atoms with Gasteiger partial charge in [-0.25, -0.2) is 0 Å². The number of hydrogen-bond acceptors (Lipinski definition) is 5. The molecule has 0 saturated heterocycles. The van der Waals surface area contributed by atoms with Gasteiger partial charge in [0, 0.05) is 10.4 Å². The Hall–Kier alpha value is -2.61. The van der Waals surface area contributed by atoms with Gasteiger partial charge in [-0.1, -0.05) is 11.3 Å². The van der Waals surface area contributed by atoms with Gasteiger partial charge in [-0.3, -0.25) is 19.0 Å². The zero-order chi connectivity index (χ0) is 15.9. The number of carbonyl (C=O) groups excluding carboxylic acids is 1. The lowest BCUT2D eigenvalue weighted by atomic mass is 10.1. The van der Waals surface area contributed by atoms with Crippen LogP contribution in [0.25, 0.3) is 11.3 Å². The second-order valence-corrected chi connectivity index (χ2v) is 5.97. The lowest BCUT2D eigenvalue weighted by Gasteiger charge is -2.19. The van der Waals surface area contributed by atoms with Crippen LogP contribution in [0.3, 0.4) is 0 Å². The number of aliphatic carboxylic acids is 1. The third kappa shape index (κ3) is 2.48. The average Bonchev–Trinajstić information content (AvgIpc) is 2.71. The van der Waals surface area contributed by atoms with Gasteiger partial charge >= 0.3 is 10.8 Å². The smallest absolute Gasteiger partial charge is 0.323 e. The fraction of sp³-hybridized carbons (Fsp3) is 0.214. The maximum Gasteiger partial charge on any atom is 0.323 e. The number of carbonyl (C=O) groups is 2. The number of aryl methyl sites for hydroxylation is 1. The minimum absolute atomic E-state index is 0.0342. The Kier molecular flexibility index (Phi) is 3.45. The highest BCUT2D eigenvalue weighted by atomic mass is 32.1. The van der Waals surface area contributed by atoms with Crippen molar-refractivity contribution in [2.75, 3.05) is 11.9 Å². The molecule has 1 aliphatic rings. The van der Waals surface area contributed by atoms with Gasteiger partial charge < -0.3 is 15.2 Å². The highest BCUT2D eigenvalue weighted by Gasteiger charge is 2.20. The van der Waals surface area contributed by atoms with Crippen LogP contribution in [-0.2, 0) is 16.1 Å². The van der Waals surface area contributed by atoms with E-state index in [1.165, 1.54) is 4.57 Å². The summed E-state index contributed by atoms with van der Waals surface area (Å²) in [7, 11) is 0. The highest BCUT2D eigenvalue weighted by Crippen LogP contribution is 2.34. The Labute approximate surface area is 128 Å². The molecule has 0 radical (unpaired) electrons. The number of nitrogens with one attached hydrogen (secondary N) is 1. The van der Waals surface area contributed by atoms with Crippen LogP contribution < -0.4 is 14.9 Å². The fourth-order valence-electron chi connectivity index (χ4n) is 2.38. The number of carboxylic acid groups (broad SMARTS) is 1. The third-order valence-electron chi connectivity index (χ3n) is 3.24. The number of aromatic nitrogens is 1. The molecular formula is C14H12N2O5S. The van der Waals surface area contributed by atoms with Crippen molar-refractivity contribution in [3.05, 3.63) is 32.7 Å². The standard InChI is InChI=1S/C14H12N2O5S/c1-7-13(16(5-12(18)19)14(20)22-7)8-2-3-10-9(4-8)15-11(17)6-21-10/h2-4H,5-6H2,1H3,(H,15,17)(H,18,19). The van der Waals surface area contributed by atoms with Crippen molar-refractivity contribution >= 4 is 28.9 Å². The van der Waals surface area contributed by atoms with Gasteiger partial charge in [0.15, 0.2) is 6.61 Å². The molecule has 3 rings (SSSR count). The summed E-state index contributed by atoms with van der Waals surface area (Å²) >= 11 is 0.996. The molecule has 0 fully saturated rings. The molecule has 2 heterocycles. The molecule has 0 saturated carbocycles. The molecule has 0 aliphatic carbocycles. The topological polar surface area (TPSA) is 97.6 Å². The Balaban J connectivity index is 2.12. The maximum atomic E-state index is 11.9. The molecule has 0 unspecified atom stereocenters. The summed E-state index contributed by atoms with van der Waals surface area (Å²) < 4.78 is 6.50. The molecule has 22 heavy (non-hydrogen) atoms. The highest BCUT2D eigenvalue weighted by molar-refractivity contribution is 7.09. The summed E-state index contributed by atoms with van der Waals surface area (Å²) in [4.78, 5) is 34.7. The number of anilines is 1. The monoisotopic (exact) mass is 320 g/mol. The molecular weight excluding hydrogens is 308 g/mol. The van der Waals surface area contributed by atoms with Crippen molar-refractivity contribution in [3.8, 4) is 17.0 Å². The van der Waals surface area contributed by atoms with Gasteiger partial charge in [-0.2, -0.15) is 0 Å². The summed E-state index contributed by atoms with van der Waals surface area (Å²) in [5.41, 5.74) is 1.70. The summed E-state index contributed by atoms with van der Waals surface area (Å²) in [5.74, 6) is -0.797. The lowest BCUT2D eigenvalue weighted by Crippen LogP contribution is -2.25. The van der Waals surface area contributed by atoms with Crippen LogP contribution in [-0.4, -0.2) is 28.2 Å². The van der Waals surface area contributed by atoms with Crippen LogP contribution in [0.1, 0.15) is 4.88 Å². The van der Waals surface area contributed by atoms with Crippen LogP contribution in [0.5, 0.6) is 5.75 Å². The molecule has 0 spiro atoms. The van der Waals surface area contributed by atoms with E-state index < -0.39 is 12.5 Å². The molecule has 7 nitrogen and oxygen atoms in total. The van der Waals surface area contributed by atoms with E-state index in [-0.39, 0.29) is 17.4 Å². The summed E-state index contributed by atoms with van der Waals surface area (Å²) in [6.07, 6.45) is 0. The van der Waals surface area contributed by atoms with E-state index >= 15 is 0 Å². The van der Waals surface area contributed by atoms with Crippen molar-refractivity contribution in [1.82, 2.24) is 4.57 Å². The van der Waals surface area contributed by atoms with Gasteiger partial charge in [0.2, 0.25) is 0 Å². The van der Waals surface area contributed by atoms with E-state index in [0.29, 0.717) is 27.6 Å². The van der Waals surface area contributed by atoms with Crippen LogP contribution in [0.2, 0.25) is 0 Å². The first kappa shape index (κ1) is 14.3. The first-order chi connectivity index (χ1) is 10.5. The number of amides is 1. The number of fused-ring (bicyclic) bond motifs is 1. The Bertz CT molecular complexity index is 836. The zero-order valence-corrected chi connectivity index (χ0v) is 12.4. The number of benzene rings is 1. The number of ether oxygens (including phenoxy) is 1. The minimum atomic E-state index is -1.09. The summed E-state index contributed by atoms with van der Waals surface area (Å²) in [5, 5.41) is 11.7. The van der Waals surface area contributed by atoms with Crippen LogP contribution >= 0.6 is 11.3 Å². The predicted octanol–water partition coefficient (Wildman–Crippen LogP) is 1.30. The predicted molar refractivity (Wildman–Crippen MR) is 80.5 cm³/mol. The molecule has 1 amide bonds. The van der Waals surface area contributed by atoms with Crippen LogP contribution in [0.4, 0.5) is 5.69 Å². The first-order valence-electron chi connectivity index (χ1n) is 6.45. The van der Waals surface area contributed by atoms with Crippen molar-refractivity contribution in [2.24, 2.45) is 0 Å². The second kappa shape index (κ2) is 5.30. The fourth-order valence-corrected chi connectivity index (χ4v) is 3.24. The first-order valence-corrected chi connectivity index (χ1v) is 7.26. The van der Waals surface area contributed by atoms with E-state index in [9.17, 15) is 14.4 Å². The Morgan fingerprint density at radius 1 is 1.45 bits per heavy atom. The van der Waals surface area contributed by atoms with Gasteiger partial charge in [0.1, 0.15) is 12.3 Å². The van der Waals surface area contributed by atoms with Gasteiger partial charge in [0.25, 0.3) is 5.91 Å². The minimum Gasteiger partial charge on any atom is -0.482 e. The number of rotatable bonds is 3. The quantitative estimate of drug-likeness (QED) is 0.888. The van der Waals surface area contributed by atoms with E-state index in [1.807, 2.05) is 0 Å². The second-order valence-electron chi connectivity index (χ2n) is 4.80. The van der Waals surface area contributed by atoms with Crippen molar-refractivity contribution in [1.29, 1.82) is 0 Å². The van der Waals surface area contributed by atoms with E-state index in [4.69, 9.17) is 9.84 Å². The van der Waals surface area contributed by atoms with Gasteiger partial charge in [-0.05, 0) is 25.1 Å². The normalized spacial score (nSPS) is 13.2. The average molecular weight is 320 g/mol. The molecule has 1 aromatic carbocycles. The Morgan fingerprint density at radius 3 is 2.95 bits per heavy atom. The lowest BCUT2D eigenvalue weighted by molar-refractivity contribution is -0.137. The number of hydrogen-bond donors (Lipinski definition) is 2. The van der Waals surface area contributed by atoms with Gasteiger partial charge in [0.05, 0.1) is 11.4 Å². The SMILES string of the molecule is Cc1sc(=O)n(CC(=O)O)c1-c1ccc2c(c1)NC(=O)CO2.